The zero-order chi connectivity index (χ0) is 17.8. The molecule has 2 aromatic carbocycles. The Hall–Kier alpha value is -3.15. The SMILES string of the molecule is CCn1c(O)c(N=NC(=O)CNc2ccccc2)c2cc(C)ccc21. The molecule has 0 radical (unpaired) electrons. The second kappa shape index (κ2) is 7.17. The van der Waals surface area contributed by atoms with E-state index in [1.54, 1.807) is 4.57 Å². The molecular formula is C19H20N4O2. The third-order valence-corrected chi connectivity index (χ3v) is 3.96. The molecule has 0 bridgehead atoms. The van der Waals surface area contributed by atoms with E-state index in [1.165, 1.54) is 0 Å². The van der Waals surface area contributed by atoms with Crippen LogP contribution in [0.1, 0.15) is 12.5 Å². The summed E-state index contributed by atoms with van der Waals surface area (Å²) in [6, 6.07) is 15.3. The summed E-state index contributed by atoms with van der Waals surface area (Å²) in [7, 11) is 0. The van der Waals surface area contributed by atoms with Gasteiger partial charge in [0.2, 0.25) is 5.88 Å². The number of hydrogen-bond acceptors (Lipinski definition) is 4. The molecular weight excluding hydrogens is 316 g/mol. The van der Waals surface area contributed by atoms with Gasteiger partial charge in [0, 0.05) is 17.6 Å². The smallest absolute Gasteiger partial charge is 0.283 e. The largest absolute Gasteiger partial charge is 0.493 e. The number of nitrogens with zero attached hydrogens (tertiary/aromatic N) is 3. The van der Waals surface area contributed by atoms with Gasteiger partial charge in [-0.15, -0.1) is 10.2 Å². The summed E-state index contributed by atoms with van der Waals surface area (Å²) in [6.45, 7) is 4.55. The molecule has 0 unspecified atom stereocenters. The van der Waals surface area contributed by atoms with Gasteiger partial charge in [0.1, 0.15) is 0 Å². The van der Waals surface area contributed by atoms with E-state index in [0.29, 0.717) is 12.2 Å². The molecule has 1 heterocycles. The van der Waals surface area contributed by atoms with E-state index < -0.39 is 5.91 Å². The number of carbonyl (C=O) groups is 1. The van der Waals surface area contributed by atoms with Crippen LogP contribution in [0.5, 0.6) is 5.88 Å². The van der Waals surface area contributed by atoms with E-state index in [1.807, 2.05) is 62.4 Å². The van der Waals surface area contributed by atoms with Crippen LogP contribution < -0.4 is 5.32 Å². The highest BCUT2D eigenvalue weighted by Crippen LogP contribution is 2.39. The summed E-state index contributed by atoms with van der Waals surface area (Å²) in [6.07, 6.45) is 0. The highest BCUT2D eigenvalue weighted by molar-refractivity contribution is 5.95. The van der Waals surface area contributed by atoms with Crippen LogP contribution in [0.15, 0.2) is 58.8 Å². The lowest BCUT2D eigenvalue weighted by molar-refractivity contribution is -0.116. The lowest BCUT2D eigenvalue weighted by atomic mass is 10.1. The lowest BCUT2D eigenvalue weighted by Crippen LogP contribution is -2.10. The predicted octanol–water partition coefficient (Wildman–Crippen LogP) is 4.40. The first-order chi connectivity index (χ1) is 12.1. The number of amides is 1. The Morgan fingerprint density at radius 1 is 1.20 bits per heavy atom. The zero-order valence-electron chi connectivity index (χ0n) is 14.2. The summed E-state index contributed by atoms with van der Waals surface area (Å²) < 4.78 is 1.75. The third-order valence-electron chi connectivity index (χ3n) is 3.96. The van der Waals surface area contributed by atoms with Gasteiger partial charge >= 0.3 is 0 Å². The molecule has 0 aliphatic carbocycles. The first-order valence-electron chi connectivity index (χ1n) is 8.15. The van der Waals surface area contributed by atoms with Gasteiger partial charge in [-0.3, -0.25) is 4.79 Å². The maximum atomic E-state index is 12.0. The molecule has 0 atom stereocenters. The fourth-order valence-corrected chi connectivity index (χ4v) is 2.73. The number of aromatic hydroxyl groups is 1. The van der Waals surface area contributed by atoms with Gasteiger partial charge in [0.25, 0.3) is 5.91 Å². The highest BCUT2D eigenvalue weighted by atomic mass is 16.3. The summed E-state index contributed by atoms with van der Waals surface area (Å²) in [4.78, 5) is 12.0. The van der Waals surface area contributed by atoms with Gasteiger partial charge in [-0.25, -0.2) is 0 Å². The van der Waals surface area contributed by atoms with Crippen LogP contribution in [0, 0.1) is 6.92 Å². The van der Waals surface area contributed by atoms with Crippen LogP contribution in [0.4, 0.5) is 11.4 Å². The molecule has 0 spiro atoms. The van der Waals surface area contributed by atoms with Crippen molar-refractivity contribution in [3.05, 3.63) is 54.1 Å². The molecule has 2 N–H and O–H groups in total. The summed E-state index contributed by atoms with van der Waals surface area (Å²) in [5.74, 6) is -0.385. The summed E-state index contributed by atoms with van der Waals surface area (Å²) in [5, 5.41) is 21.9. The fraction of sp³-hybridized carbons (Fsp3) is 0.211. The van der Waals surface area contributed by atoms with Crippen LogP contribution in [0.3, 0.4) is 0 Å². The monoisotopic (exact) mass is 336 g/mol. The molecule has 1 aromatic heterocycles. The second-order valence-corrected chi connectivity index (χ2v) is 5.75. The fourth-order valence-electron chi connectivity index (χ4n) is 2.73. The molecule has 3 rings (SSSR count). The Morgan fingerprint density at radius 3 is 2.68 bits per heavy atom. The minimum atomic E-state index is -0.409. The molecule has 0 saturated heterocycles. The van der Waals surface area contributed by atoms with E-state index in [0.717, 1.165) is 22.2 Å². The van der Waals surface area contributed by atoms with Crippen molar-refractivity contribution in [2.24, 2.45) is 10.2 Å². The van der Waals surface area contributed by atoms with Crippen molar-refractivity contribution in [3.63, 3.8) is 0 Å². The third kappa shape index (κ3) is 3.52. The molecule has 6 nitrogen and oxygen atoms in total. The van der Waals surface area contributed by atoms with E-state index in [-0.39, 0.29) is 12.4 Å². The molecule has 0 aliphatic rings. The number of rotatable bonds is 5. The number of nitrogens with one attached hydrogen (secondary N) is 1. The number of para-hydroxylation sites is 1. The van der Waals surface area contributed by atoms with Gasteiger partial charge in [0.05, 0.1) is 12.1 Å². The van der Waals surface area contributed by atoms with E-state index in [4.69, 9.17) is 0 Å². The maximum Gasteiger partial charge on any atom is 0.283 e. The van der Waals surface area contributed by atoms with Crippen molar-refractivity contribution in [1.29, 1.82) is 0 Å². The quantitative estimate of drug-likeness (QED) is 0.678. The van der Waals surface area contributed by atoms with E-state index >= 15 is 0 Å². The predicted molar refractivity (Wildman–Crippen MR) is 98.5 cm³/mol. The van der Waals surface area contributed by atoms with Crippen LogP contribution in [-0.2, 0) is 11.3 Å². The van der Waals surface area contributed by atoms with Crippen LogP contribution >= 0.6 is 0 Å². The summed E-state index contributed by atoms with van der Waals surface area (Å²) >= 11 is 0. The number of azo groups is 1. The number of hydrogen-bond donors (Lipinski definition) is 2. The van der Waals surface area contributed by atoms with Crippen LogP contribution in [0.25, 0.3) is 10.9 Å². The molecule has 128 valence electrons. The molecule has 6 heteroatoms. The van der Waals surface area contributed by atoms with Crippen molar-refractivity contribution < 1.29 is 9.90 Å². The molecule has 1 amide bonds. The number of benzene rings is 2. The number of fused-ring (bicyclic) bond motifs is 1. The Bertz CT molecular complexity index is 929. The van der Waals surface area contributed by atoms with Crippen molar-refractivity contribution in [1.82, 2.24) is 4.57 Å². The van der Waals surface area contributed by atoms with E-state index in [9.17, 15) is 9.90 Å². The van der Waals surface area contributed by atoms with Crippen molar-refractivity contribution >= 4 is 28.2 Å². The van der Waals surface area contributed by atoms with Crippen LogP contribution in [0.2, 0.25) is 0 Å². The average molecular weight is 336 g/mol. The van der Waals surface area contributed by atoms with Crippen molar-refractivity contribution in [3.8, 4) is 5.88 Å². The first-order valence-corrected chi connectivity index (χ1v) is 8.15. The molecule has 0 fully saturated rings. The molecule has 0 aliphatic heterocycles. The van der Waals surface area contributed by atoms with Crippen molar-refractivity contribution in [2.75, 3.05) is 11.9 Å². The Kier molecular flexibility index (Phi) is 4.79. The lowest BCUT2D eigenvalue weighted by Gasteiger charge is -2.02. The molecule has 0 saturated carbocycles. The van der Waals surface area contributed by atoms with E-state index in [2.05, 4.69) is 15.5 Å². The number of carbonyl (C=O) groups excluding carboxylic acids is 1. The minimum absolute atomic E-state index is 0.0238. The van der Waals surface area contributed by atoms with Gasteiger partial charge in [-0.2, -0.15) is 0 Å². The Morgan fingerprint density at radius 2 is 1.96 bits per heavy atom. The van der Waals surface area contributed by atoms with Gasteiger partial charge < -0.3 is 15.0 Å². The second-order valence-electron chi connectivity index (χ2n) is 5.75. The molecule has 25 heavy (non-hydrogen) atoms. The van der Waals surface area contributed by atoms with Crippen LogP contribution in [-0.4, -0.2) is 22.1 Å². The minimum Gasteiger partial charge on any atom is -0.493 e. The van der Waals surface area contributed by atoms with Crippen molar-refractivity contribution in [2.45, 2.75) is 20.4 Å². The maximum absolute atomic E-state index is 12.0. The highest BCUT2D eigenvalue weighted by Gasteiger charge is 2.16. The topological polar surface area (TPSA) is 79.0 Å². The molecule has 3 aromatic rings. The zero-order valence-corrected chi connectivity index (χ0v) is 14.2. The normalized spacial score (nSPS) is 11.3. The van der Waals surface area contributed by atoms with Gasteiger partial charge in [-0.05, 0) is 38.1 Å². The Balaban J connectivity index is 1.82. The van der Waals surface area contributed by atoms with Gasteiger partial charge in [0.15, 0.2) is 5.69 Å². The number of anilines is 1. The standard InChI is InChI=1S/C19H20N4O2/c1-3-23-16-10-9-13(2)11-15(16)18(19(23)25)22-21-17(24)12-20-14-7-5-4-6-8-14/h4-11,20,25H,3,12H2,1-2H3. The summed E-state index contributed by atoms with van der Waals surface area (Å²) in [5.41, 5.74) is 3.09. The number of aromatic nitrogens is 1. The first kappa shape index (κ1) is 16.7. The average Bonchev–Trinajstić information content (AvgIpc) is 2.89. The Labute approximate surface area is 145 Å². The van der Waals surface area contributed by atoms with Gasteiger partial charge in [-0.1, -0.05) is 29.8 Å². The number of aryl methyl sites for hydroxylation is 2.